The second-order valence-electron chi connectivity index (χ2n) is 6.19. The normalized spacial score (nSPS) is 19.9. The average Bonchev–Trinajstić information content (AvgIpc) is 2.52. The van der Waals surface area contributed by atoms with E-state index in [9.17, 15) is 0 Å². The van der Waals surface area contributed by atoms with Gasteiger partial charge in [-0.2, -0.15) is 0 Å². The maximum absolute atomic E-state index is 5.48. The summed E-state index contributed by atoms with van der Waals surface area (Å²) >= 11 is 20.4. The third-order valence-electron chi connectivity index (χ3n) is 3.54. The second kappa shape index (κ2) is 18.1. The third-order valence-corrected chi connectivity index (χ3v) is 8.07. The van der Waals surface area contributed by atoms with Crippen molar-refractivity contribution < 1.29 is 37.6 Å². The minimum atomic E-state index is -2.42. The van der Waals surface area contributed by atoms with E-state index in [1.54, 1.807) is 0 Å². The van der Waals surface area contributed by atoms with Crippen LogP contribution in [0, 0.1) is 0 Å². The number of rotatable bonds is 12. The first-order valence-corrected chi connectivity index (χ1v) is 16.5. The molecule has 0 aliphatic rings. The van der Waals surface area contributed by atoms with Crippen molar-refractivity contribution in [3.8, 4) is 0 Å². The van der Waals surface area contributed by atoms with E-state index in [0.717, 1.165) is 25.7 Å². The maximum Gasteiger partial charge on any atom is 2.00 e. The van der Waals surface area contributed by atoms with Crippen molar-refractivity contribution in [2.75, 3.05) is 0 Å². The number of hydrogen-bond donors (Lipinski definition) is 0. The van der Waals surface area contributed by atoms with Crippen LogP contribution in [-0.4, -0.2) is 24.4 Å². The van der Waals surface area contributed by atoms with Crippen LogP contribution >= 0.6 is 11.4 Å². The predicted molar refractivity (Wildman–Crippen MR) is 127 cm³/mol. The summed E-state index contributed by atoms with van der Waals surface area (Å²) < 4.78 is 21.9. The van der Waals surface area contributed by atoms with Crippen LogP contribution in [0.4, 0.5) is 0 Å². The van der Waals surface area contributed by atoms with Gasteiger partial charge in [-0.1, -0.05) is 51.3 Å². The summed E-state index contributed by atoms with van der Waals surface area (Å²) in [6.45, 7) is 16.0. The van der Waals surface area contributed by atoms with E-state index < -0.39 is 11.4 Å². The van der Waals surface area contributed by atoms with Crippen LogP contribution in [0.2, 0.25) is 0 Å². The Morgan fingerprint density at radius 3 is 0.852 bits per heavy atom. The summed E-state index contributed by atoms with van der Waals surface area (Å²) in [5, 5.41) is 0. The molecule has 0 aromatic carbocycles. The van der Waals surface area contributed by atoms with Crippen LogP contribution in [-0.2, 0) is 85.7 Å². The molecule has 0 aromatic rings. The zero-order valence-corrected chi connectivity index (χ0v) is 26.0. The minimum Gasteiger partial charge on any atom is -0.691 e. The van der Waals surface area contributed by atoms with E-state index in [4.69, 9.17) is 66.2 Å². The maximum atomic E-state index is 5.48. The van der Waals surface area contributed by atoms with Gasteiger partial charge in [0.25, 0.3) is 0 Å². The van der Waals surface area contributed by atoms with Gasteiger partial charge in [-0.25, -0.2) is 0 Å². The standard InChI is InChI=1S/2C8H19O2PS2.Zn/c2*1-5-7(3)9-11(12,13)10-8(4)6-2;/h2*7-8H,5-6H2,1-4H3,(H,12,13);/q;;+2/p-2. The molecule has 0 radical (unpaired) electrons. The Balaban J connectivity index is -0.000000411. The fraction of sp³-hybridized carbons (Fsp3) is 1.00. The first-order chi connectivity index (χ1) is 11.8. The average molecular weight is 548 g/mol. The SMILES string of the molecule is CCC(C)OP(=S)([S-])OC(C)CC.CCC(C)OP(=S)([S-])OC(C)CC.[Zn+2]. The van der Waals surface area contributed by atoms with Gasteiger partial charge < -0.3 is 42.6 Å². The molecule has 160 valence electrons. The van der Waals surface area contributed by atoms with Gasteiger partial charge in [-0.05, 0) is 53.4 Å². The van der Waals surface area contributed by atoms with Crippen molar-refractivity contribution in [1.82, 2.24) is 0 Å². The van der Waals surface area contributed by atoms with Gasteiger partial charge in [0, 0.05) is 0 Å². The molecule has 0 aromatic heterocycles. The molecule has 0 spiro atoms. The molecule has 0 saturated carbocycles. The van der Waals surface area contributed by atoms with Gasteiger partial charge in [0.05, 0.1) is 35.8 Å². The molecule has 0 heterocycles. The summed E-state index contributed by atoms with van der Waals surface area (Å²) in [6.07, 6.45) is 4.08. The van der Waals surface area contributed by atoms with Crippen LogP contribution in [0.5, 0.6) is 0 Å². The quantitative estimate of drug-likeness (QED) is 0.150. The summed E-state index contributed by atoms with van der Waals surface area (Å²) in [6, 6.07) is 0. The Hall–Kier alpha value is 2.46. The van der Waals surface area contributed by atoms with E-state index in [-0.39, 0.29) is 43.9 Å². The Labute approximate surface area is 201 Å². The van der Waals surface area contributed by atoms with E-state index in [1.165, 1.54) is 0 Å². The summed E-state index contributed by atoms with van der Waals surface area (Å²) in [7, 11) is 0. The van der Waals surface area contributed by atoms with E-state index >= 15 is 0 Å². The fourth-order valence-electron chi connectivity index (χ4n) is 1.23. The molecule has 4 nitrogen and oxygen atoms in total. The first-order valence-electron chi connectivity index (χ1n) is 9.17. The van der Waals surface area contributed by atoms with E-state index in [0.29, 0.717) is 0 Å². The topological polar surface area (TPSA) is 36.9 Å². The molecule has 0 aliphatic heterocycles. The smallest absolute Gasteiger partial charge is 0.691 e. The Bertz CT molecular complexity index is 388. The molecule has 0 fully saturated rings. The van der Waals surface area contributed by atoms with Gasteiger partial charge in [0.1, 0.15) is 0 Å². The largest absolute Gasteiger partial charge is 2.00 e. The Morgan fingerprint density at radius 2 is 0.741 bits per heavy atom. The first kappa shape index (κ1) is 34.1. The van der Waals surface area contributed by atoms with Crippen LogP contribution in [0.15, 0.2) is 0 Å². The zero-order chi connectivity index (χ0) is 21.0. The van der Waals surface area contributed by atoms with Crippen molar-refractivity contribution in [2.45, 2.75) is 105 Å². The molecule has 0 N–H and O–H groups in total. The van der Waals surface area contributed by atoms with E-state index in [2.05, 4.69) is 0 Å². The molecule has 0 amide bonds. The zero-order valence-electron chi connectivity index (χ0n) is 18.0. The van der Waals surface area contributed by atoms with Gasteiger partial charge in [-0.15, -0.1) is 0 Å². The van der Waals surface area contributed by atoms with Crippen LogP contribution in [0.3, 0.4) is 0 Å². The van der Waals surface area contributed by atoms with Crippen LogP contribution < -0.4 is 0 Å². The molecule has 11 heteroatoms. The van der Waals surface area contributed by atoms with Crippen molar-refractivity contribution in [3.05, 3.63) is 0 Å². The van der Waals surface area contributed by atoms with Crippen molar-refractivity contribution >= 4 is 59.5 Å². The minimum absolute atomic E-state index is 0. The van der Waals surface area contributed by atoms with Crippen LogP contribution in [0.25, 0.3) is 0 Å². The molecular formula is C16H36O4P2S4Zn. The fourth-order valence-corrected chi connectivity index (χ4v) is 7.21. The molecular weight excluding hydrogens is 512 g/mol. The van der Waals surface area contributed by atoms with Gasteiger partial charge in [-0.3, -0.25) is 0 Å². The van der Waals surface area contributed by atoms with Gasteiger partial charge in [0.15, 0.2) is 0 Å². The Kier molecular flexibility index (Phi) is 22.8. The molecule has 0 saturated heterocycles. The molecule has 0 aliphatic carbocycles. The van der Waals surface area contributed by atoms with Crippen molar-refractivity contribution in [2.24, 2.45) is 0 Å². The molecule has 27 heavy (non-hydrogen) atoms. The summed E-state index contributed by atoms with van der Waals surface area (Å²) in [5.74, 6) is 0. The Morgan fingerprint density at radius 1 is 0.593 bits per heavy atom. The molecule has 0 rings (SSSR count). The van der Waals surface area contributed by atoms with Crippen molar-refractivity contribution in [1.29, 1.82) is 0 Å². The molecule has 4 atom stereocenters. The third kappa shape index (κ3) is 21.5. The van der Waals surface area contributed by atoms with Gasteiger partial charge >= 0.3 is 19.5 Å². The molecule has 4 unspecified atom stereocenters. The second-order valence-corrected chi connectivity index (χ2v) is 16.0. The van der Waals surface area contributed by atoms with Gasteiger partial charge in [0.2, 0.25) is 0 Å². The predicted octanol–water partition coefficient (Wildman–Crippen LogP) is 6.77. The summed E-state index contributed by atoms with van der Waals surface area (Å²) in [5.41, 5.74) is -4.84. The van der Waals surface area contributed by atoms with Crippen molar-refractivity contribution in [3.63, 3.8) is 0 Å². The number of hydrogen-bond acceptors (Lipinski definition) is 8. The summed E-state index contributed by atoms with van der Waals surface area (Å²) in [4.78, 5) is 0. The monoisotopic (exact) mass is 546 g/mol. The van der Waals surface area contributed by atoms with E-state index in [1.807, 2.05) is 55.4 Å². The van der Waals surface area contributed by atoms with Crippen LogP contribution in [0.1, 0.15) is 81.1 Å². The molecule has 0 bridgehead atoms.